The van der Waals surface area contributed by atoms with Gasteiger partial charge in [0, 0.05) is 7.11 Å². The molecule has 6 nitrogen and oxygen atoms in total. The first-order valence-electron chi connectivity index (χ1n) is 6.40. The number of carboxylic acids is 1. The first-order chi connectivity index (χ1) is 9.08. The van der Waals surface area contributed by atoms with Gasteiger partial charge in [-0.25, -0.2) is 9.59 Å². The number of nitrogens with one attached hydrogen (secondary N) is 2. The van der Waals surface area contributed by atoms with Gasteiger partial charge in [-0.2, -0.15) is 11.8 Å². The second-order valence-electron chi connectivity index (χ2n) is 4.60. The molecule has 7 heteroatoms. The summed E-state index contributed by atoms with van der Waals surface area (Å²) < 4.78 is 5.28. The Morgan fingerprint density at radius 1 is 1.47 bits per heavy atom. The van der Waals surface area contributed by atoms with Crippen LogP contribution in [-0.4, -0.2) is 54.4 Å². The molecule has 1 fully saturated rings. The lowest BCUT2D eigenvalue weighted by atomic mass is 10.2. The minimum absolute atomic E-state index is 0.0278. The molecule has 3 atom stereocenters. The Morgan fingerprint density at radius 3 is 2.79 bits per heavy atom. The number of urea groups is 1. The fourth-order valence-corrected chi connectivity index (χ4v) is 2.71. The van der Waals surface area contributed by atoms with E-state index in [1.165, 1.54) is 0 Å². The van der Waals surface area contributed by atoms with Crippen molar-refractivity contribution in [1.82, 2.24) is 10.6 Å². The minimum atomic E-state index is -1.00. The van der Waals surface area contributed by atoms with Crippen LogP contribution in [0.25, 0.3) is 0 Å². The van der Waals surface area contributed by atoms with Crippen LogP contribution in [0, 0.1) is 0 Å². The fraction of sp³-hybridized carbons (Fsp3) is 0.833. The number of thioether (sulfide) groups is 1. The maximum atomic E-state index is 11.8. The summed E-state index contributed by atoms with van der Waals surface area (Å²) in [6, 6.07) is -1.29. The standard InChI is InChI=1S/C12H22N2O4S/c1-18-10-5-3-4-8(10)13-12(17)14-9(11(15)16)6-7-19-2/h8-10H,3-7H2,1-2H3,(H,15,16)(H2,13,14,17)/t8?,9-,10?/m1/s1. The van der Waals surface area contributed by atoms with Crippen LogP contribution in [-0.2, 0) is 9.53 Å². The highest BCUT2D eigenvalue weighted by molar-refractivity contribution is 7.98. The van der Waals surface area contributed by atoms with Crippen molar-refractivity contribution < 1.29 is 19.4 Å². The summed E-state index contributed by atoms with van der Waals surface area (Å²) in [5.74, 6) is -0.305. The van der Waals surface area contributed by atoms with Crippen molar-refractivity contribution in [3.05, 3.63) is 0 Å². The molecule has 0 aromatic rings. The lowest BCUT2D eigenvalue weighted by Gasteiger charge is -2.21. The Balaban J connectivity index is 2.41. The van der Waals surface area contributed by atoms with E-state index in [2.05, 4.69) is 10.6 Å². The molecule has 19 heavy (non-hydrogen) atoms. The lowest BCUT2D eigenvalue weighted by Crippen LogP contribution is -2.51. The Bertz CT molecular complexity index is 314. The van der Waals surface area contributed by atoms with E-state index in [1.54, 1.807) is 18.9 Å². The normalized spacial score (nSPS) is 23.9. The van der Waals surface area contributed by atoms with Gasteiger partial charge < -0.3 is 20.5 Å². The van der Waals surface area contributed by atoms with Crippen LogP contribution in [0.4, 0.5) is 4.79 Å². The van der Waals surface area contributed by atoms with Gasteiger partial charge in [-0.05, 0) is 37.7 Å². The SMILES string of the molecule is COC1CCCC1NC(=O)N[C@H](CCSC)C(=O)O. The molecule has 3 N–H and O–H groups in total. The number of hydrogen-bond donors (Lipinski definition) is 3. The van der Waals surface area contributed by atoms with E-state index in [1.807, 2.05) is 6.26 Å². The lowest BCUT2D eigenvalue weighted by molar-refractivity contribution is -0.139. The summed E-state index contributed by atoms with van der Waals surface area (Å²) in [4.78, 5) is 22.8. The summed E-state index contributed by atoms with van der Waals surface area (Å²) in [7, 11) is 1.63. The van der Waals surface area contributed by atoms with E-state index >= 15 is 0 Å². The Morgan fingerprint density at radius 2 is 2.21 bits per heavy atom. The molecule has 0 aliphatic heterocycles. The minimum Gasteiger partial charge on any atom is -0.480 e. The van der Waals surface area contributed by atoms with Crippen molar-refractivity contribution in [1.29, 1.82) is 0 Å². The molecule has 1 saturated carbocycles. The van der Waals surface area contributed by atoms with Crippen molar-refractivity contribution in [2.75, 3.05) is 19.1 Å². The van der Waals surface area contributed by atoms with E-state index in [0.29, 0.717) is 12.2 Å². The molecular weight excluding hydrogens is 268 g/mol. The van der Waals surface area contributed by atoms with Gasteiger partial charge in [0.15, 0.2) is 0 Å². The number of methoxy groups -OCH3 is 1. The van der Waals surface area contributed by atoms with E-state index in [0.717, 1.165) is 19.3 Å². The zero-order chi connectivity index (χ0) is 14.3. The molecule has 0 bridgehead atoms. The van der Waals surface area contributed by atoms with Crippen LogP contribution >= 0.6 is 11.8 Å². The van der Waals surface area contributed by atoms with Crippen LogP contribution in [0.3, 0.4) is 0 Å². The molecule has 0 aromatic heterocycles. The summed E-state index contributed by atoms with van der Waals surface area (Å²) in [5, 5.41) is 14.3. The molecule has 2 unspecified atom stereocenters. The molecule has 1 rings (SSSR count). The topological polar surface area (TPSA) is 87.7 Å². The predicted octanol–water partition coefficient (Wildman–Crippen LogP) is 1.06. The van der Waals surface area contributed by atoms with Crippen molar-refractivity contribution in [2.24, 2.45) is 0 Å². The molecule has 0 aromatic carbocycles. The monoisotopic (exact) mass is 290 g/mol. The number of hydrogen-bond acceptors (Lipinski definition) is 4. The van der Waals surface area contributed by atoms with Gasteiger partial charge in [0.05, 0.1) is 12.1 Å². The highest BCUT2D eigenvalue weighted by Gasteiger charge is 2.29. The number of ether oxygens (including phenoxy) is 1. The second-order valence-corrected chi connectivity index (χ2v) is 5.59. The Labute approximate surface area is 117 Å². The highest BCUT2D eigenvalue weighted by atomic mass is 32.2. The largest absolute Gasteiger partial charge is 0.480 e. The Hall–Kier alpha value is -0.950. The number of carbonyl (C=O) groups excluding carboxylic acids is 1. The van der Waals surface area contributed by atoms with Gasteiger partial charge >= 0.3 is 12.0 Å². The third-order valence-corrected chi connectivity index (χ3v) is 3.93. The third-order valence-electron chi connectivity index (χ3n) is 3.29. The first kappa shape index (κ1) is 16.1. The van der Waals surface area contributed by atoms with Crippen LogP contribution in [0.1, 0.15) is 25.7 Å². The van der Waals surface area contributed by atoms with E-state index in [4.69, 9.17) is 9.84 Å². The van der Waals surface area contributed by atoms with Crippen LogP contribution in [0.15, 0.2) is 0 Å². The van der Waals surface area contributed by atoms with Gasteiger partial charge in [0.25, 0.3) is 0 Å². The fourth-order valence-electron chi connectivity index (χ4n) is 2.23. The summed E-state index contributed by atoms with van der Waals surface area (Å²) in [5.41, 5.74) is 0. The summed E-state index contributed by atoms with van der Waals surface area (Å²) in [6.07, 6.45) is 5.16. The molecule has 0 spiro atoms. The van der Waals surface area contributed by atoms with E-state index in [-0.39, 0.29) is 12.1 Å². The maximum Gasteiger partial charge on any atom is 0.326 e. The van der Waals surface area contributed by atoms with Gasteiger partial charge in [-0.3, -0.25) is 0 Å². The van der Waals surface area contributed by atoms with E-state index < -0.39 is 18.0 Å². The summed E-state index contributed by atoms with van der Waals surface area (Å²) >= 11 is 1.56. The number of rotatable bonds is 7. The van der Waals surface area contributed by atoms with Crippen LogP contribution in [0.5, 0.6) is 0 Å². The zero-order valence-electron chi connectivity index (χ0n) is 11.3. The quantitative estimate of drug-likeness (QED) is 0.652. The molecule has 2 amide bonds. The number of amides is 2. The molecule has 0 heterocycles. The van der Waals surface area contributed by atoms with Crippen molar-refractivity contribution in [3.8, 4) is 0 Å². The van der Waals surface area contributed by atoms with Gasteiger partial charge in [-0.15, -0.1) is 0 Å². The number of carboxylic acid groups (broad SMARTS) is 1. The van der Waals surface area contributed by atoms with E-state index in [9.17, 15) is 9.59 Å². The number of carbonyl (C=O) groups is 2. The third kappa shape index (κ3) is 5.28. The van der Waals surface area contributed by atoms with Gasteiger partial charge in [-0.1, -0.05) is 0 Å². The number of aliphatic carboxylic acids is 1. The average Bonchev–Trinajstić information content (AvgIpc) is 2.81. The zero-order valence-corrected chi connectivity index (χ0v) is 12.2. The van der Waals surface area contributed by atoms with Crippen LogP contribution < -0.4 is 10.6 Å². The second kappa shape index (κ2) is 8.27. The molecular formula is C12H22N2O4S. The van der Waals surface area contributed by atoms with Crippen molar-refractivity contribution >= 4 is 23.8 Å². The van der Waals surface area contributed by atoms with Gasteiger partial charge in [0.2, 0.25) is 0 Å². The van der Waals surface area contributed by atoms with Crippen molar-refractivity contribution in [3.63, 3.8) is 0 Å². The maximum absolute atomic E-state index is 11.8. The molecule has 1 aliphatic rings. The molecule has 0 radical (unpaired) electrons. The molecule has 1 aliphatic carbocycles. The van der Waals surface area contributed by atoms with Gasteiger partial charge in [0.1, 0.15) is 6.04 Å². The smallest absolute Gasteiger partial charge is 0.326 e. The summed E-state index contributed by atoms with van der Waals surface area (Å²) in [6.45, 7) is 0. The Kier molecular flexibility index (Phi) is 7.01. The van der Waals surface area contributed by atoms with Crippen molar-refractivity contribution in [2.45, 2.75) is 43.9 Å². The molecule has 110 valence electrons. The predicted molar refractivity (Wildman–Crippen MR) is 74.5 cm³/mol. The average molecular weight is 290 g/mol. The van der Waals surface area contributed by atoms with Crippen LogP contribution in [0.2, 0.25) is 0 Å². The highest BCUT2D eigenvalue weighted by Crippen LogP contribution is 2.21. The first-order valence-corrected chi connectivity index (χ1v) is 7.79. The molecule has 0 saturated heterocycles.